The maximum absolute atomic E-state index is 12.8. The van der Waals surface area contributed by atoms with Crippen molar-refractivity contribution >= 4 is 23.2 Å². The number of benzene rings is 2. The molecule has 0 bridgehead atoms. The molecule has 0 saturated carbocycles. The normalized spacial score (nSPS) is 11.3. The lowest BCUT2D eigenvalue weighted by molar-refractivity contribution is 0.0955. The highest BCUT2D eigenvalue weighted by atomic mass is 19.1. The highest BCUT2D eigenvalue weighted by Gasteiger charge is 2.10. The van der Waals surface area contributed by atoms with Gasteiger partial charge in [-0.2, -0.15) is 5.10 Å². The lowest BCUT2D eigenvalue weighted by atomic mass is 10.2. The van der Waals surface area contributed by atoms with Gasteiger partial charge in [-0.3, -0.25) is 4.79 Å². The van der Waals surface area contributed by atoms with Gasteiger partial charge < -0.3 is 4.57 Å². The standard InChI is InChI=1S/C18H17FN4O/c1-3-23-12(2)21-16-10-14(6-9-17(16)23)18(24)22-20-11-13-4-7-15(19)8-5-13/h4-11H,3H2,1-2H3,(H,22,24)/b20-11-. The maximum atomic E-state index is 12.8. The number of rotatable bonds is 4. The number of hydrogen-bond acceptors (Lipinski definition) is 3. The van der Waals surface area contributed by atoms with E-state index in [9.17, 15) is 9.18 Å². The van der Waals surface area contributed by atoms with Crippen LogP contribution in [-0.4, -0.2) is 21.7 Å². The van der Waals surface area contributed by atoms with Crippen molar-refractivity contribution in [3.63, 3.8) is 0 Å². The molecule has 5 nitrogen and oxygen atoms in total. The smallest absolute Gasteiger partial charge is 0.271 e. The van der Waals surface area contributed by atoms with E-state index in [1.807, 2.05) is 13.0 Å². The lowest BCUT2D eigenvalue weighted by Gasteiger charge is -2.03. The molecule has 0 radical (unpaired) electrons. The van der Waals surface area contributed by atoms with Crippen LogP contribution in [0.5, 0.6) is 0 Å². The number of hydrogen-bond donors (Lipinski definition) is 1. The molecule has 1 N–H and O–H groups in total. The van der Waals surface area contributed by atoms with Crippen molar-refractivity contribution in [2.45, 2.75) is 20.4 Å². The van der Waals surface area contributed by atoms with Crippen LogP contribution in [-0.2, 0) is 6.54 Å². The topological polar surface area (TPSA) is 59.3 Å². The number of halogens is 1. The second-order valence-electron chi connectivity index (χ2n) is 5.36. The molecule has 2 aromatic carbocycles. The summed E-state index contributed by atoms with van der Waals surface area (Å²) in [7, 11) is 0. The molecular formula is C18H17FN4O. The highest BCUT2D eigenvalue weighted by Crippen LogP contribution is 2.17. The first-order chi connectivity index (χ1) is 11.6. The second-order valence-corrected chi connectivity index (χ2v) is 5.36. The summed E-state index contributed by atoms with van der Waals surface area (Å²) in [5.41, 5.74) is 5.43. The Kier molecular flexibility index (Phi) is 4.37. The third-order valence-electron chi connectivity index (χ3n) is 3.77. The van der Waals surface area contributed by atoms with Crippen LogP contribution in [0.15, 0.2) is 47.6 Å². The summed E-state index contributed by atoms with van der Waals surface area (Å²) in [6, 6.07) is 11.2. The molecular weight excluding hydrogens is 307 g/mol. The summed E-state index contributed by atoms with van der Waals surface area (Å²) < 4.78 is 14.9. The molecule has 0 aliphatic rings. The van der Waals surface area contributed by atoms with E-state index in [1.165, 1.54) is 18.3 Å². The Labute approximate surface area is 138 Å². The zero-order chi connectivity index (χ0) is 17.1. The van der Waals surface area contributed by atoms with Crippen LogP contribution >= 0.6 is 0 Å². The van der Waals surface area contributed by atoms with E-state index in [-0.39, 0.29) is 11.7 Å². The summed E-state index contributed by atoms with van der Waals surface area (Å²) in [5.74, 6) is 0.282. The molecule has 0 aliphatic carbocycles. The first-order valence-corrected chi connectivity index (χ1v) is 7.64. The third-order valence-corrected chi connectivity index (χ3v) is 3.77. The molecule has 0 unspecified atom stereocenters. The van der Waals surface area contributed by atoms with Crippen LogP contribution in [0.25, 0.3) is 11.0 Å². The molecule has 0 aliphatic heterocycles. The molecule has 122 valence electrons. The number of nitrogens with one attached hydrogen (secondary N) is 1. The van der Waals surface area contributed by atoms with Crippen molar-refractivity contribution < 1.29 is 9.18 Å². The molecule has 3 rings (SSSR count). The predicted molar refractivity (Wildman–Crippen MR) is 91.6 cm³/mol. The molecule has 0 saturated heterocycles. The number of imidazole rings is 1. The summed E-state index contributed by atoms with van der Waals surface area (Å²) in [6.45, 7) is 4.82. The number of fused-ring (bicyclic) bond motifs is 1. The van der Waals surface area contributed by atoms with E-state index in [4.69, 9.17) is 0 Å². The van der Waals surface area contributed by atoms with Crippen LogP contribution in [0, 0.1) is 12.7 Å². The number of carbonyl (C=O) groups excluding carboxylic acids is 1. The van der Waals surface area contributed by atoms with E-state index in [2.05, 4.69) is 27.0 Å². The van der Waals surface area contributed by atoms with Gasteiger partial charge in [0.2, 0.25) is 0 Å². The van der Waals surface area contributed by atoms with Crippen LogP contribution in [0.2, 0.25) is 0 Å². The van der Waals surface area contributed by atoms with Gasteiger partial charge in [0.1, 0.15) is 11.6 Å². The summed E-state index contributed by atoms with van der Waals surface area (Å²) >= 11 is 0. The molecule has 6 heteroatoms. The SMILES string of the molecule is CCn1c(C)nc2cc(C(=O)N/N=C\c3ccc(F)cc3)ccc21. The fraction of sp³-hybridized carbons (Fsp3) is 0.167. The first kappa shape index (κ1) is 15.9. The lowest BCUT2D eigenvalue weighted by Crippen LogP contribution is -2.17. The largest absolute Gasteiger partial charge is 0.329 e. The predicted octanol–water partition coefficient (Wildman–Crippen LogP) is 3.27. The van der Waals surface area contributed by atoms with Crippen LogP contribution < -0.4 is 5.43 Å². The van der Waals surface area contributed by atoms with E-state index in [1.54, 1.807) is 24.3 Å². The van der Waals surface area contributed by atoms with E-state index in [0.29, 0.717) is 11.1 Å². The van der Waals surface area contributed by atoms with E-state index in [0.717, 1.165) is 23.4 Å². The minimum absolute atomic E-state index is 0.314. The molecule has 1 amide bonds. The maximum Gasteiger partial charge on any atom is 0.271 e. The number of amides is 1. The van der Waals surface area contributed by atoms with E-state index >= 15 is 0 Å². The number of hydrazone groups is 1. The summed E-state index contributed by atoms with van der Waals surface area (Å²) in [6.07, 6.45) is 1.46. The van der Waals surface area contributed by atoms with Crippen LogP contribution in [0.3, 0.4) is 0 Å². The van der Waals surface area contributed by atoms with Crippen molar-refractivity contribution in [3.8, 4) is 0 Å². The molecule has 0 spiro atoms. The van der Waals surface area contributed by atoms with Crippen LogP contribution in [0.4, 0.5) is 4.39 Å². The van der Waals surface area contributed by atoms with Gasteiger partial charge in [0.25, 0.3) is 5.91 Å². The number of aryl methyl sites for hydroxylation is 2. The Morgan fingerprint density at radius 2 is 2.04 bits per heavy atom. The third kappa shape index (κ3) is 3.17. The summed E-state index contributed by atoms with van der Waals surface area (Å²) in [5, 5.41) is 3.89. The molecule has 24 heavy (non-hydrogen) atoms. The molecule has 1 heterocycles. The molecule has 0 atom stereocenters. The van der Waals surface area contributed by atoms with Crippen molar-refractivity contribution in [1.29, 1.82) is 0 Å². The average Bonchev–Trinajstić information content (AvgIpc) is 2.90. The Hall–Kier alpha value is -3.02. The van der Waals surface area contributed by atoms with Crippen LogP contribution in [0.1, 0.15) is 28.7 Å². The average molecular weight is 324 g/mol. The Morgan fingerprint density at radius 1 is 1.29 bits per heavy atom. The van der Waals surface area contributed by atoms with Gasteiger partial charge in [-0.15, -0.1) is 0 Å². The Balaban J connectivity index is 1.75. The number of aromatic nitrogens is 2. The molecule has 3 aromatic rings. The van der Waals surface area contributed by atoms with Gasteiger partial charge in [-0.05, 0) is 49.7 Å². The van der Waals surface area contributed by atoms with E-state index < -0.39 is 0 Å². The van der Waals surface area contributed by atoms with Crippen molar-refractivity contribution in [2.24, 2.45) is 5.10 Å². The zero-order valence-electron chi connectivity index (χ0n) is 13.5. The Bertz CT molecular complexity index is 913. The fourth-order valence-corrected chi connectivity index (χ4v) is 2.57. The van der Waals surface area contributed by atoms with Gasteiger partial charge >= 0.3 is 0 Å². The zero-order valence-corrected chi connectivity index (χ0v) is 13.5. The van der Waals surface area contributed by atoms with Gasteiger partial charge in [0.05, 0.1) is 17.2 Å². The number of nitrogens with zero attached hydrogens (tertiary/aromatic N) is 3. The minimum Gasteiger partial charge on any atom is -0.329 e. The quantitative estimate of drug-likeness (QED) is 0.591. The molecule has 1 aromatic heterocycles. The Morgan fingerprint density at radius 3 is 2.75 bits per heavy atom. The number of carbonyl (C=O) groups is 1. The van der Waals surface area contributed by atoms with Gasteiger partial charge in [0.15, 0.2) is 0 Å². The second kappa shape index (κ2) is 6.62. The first-order valence-electron chi connectivity index (χ1n) is 7.64. The minimum atomic E-state index is -0.320. The fourth-order valence-electron chi connectivity index (χ4n) is 2.57. The van der Waals surface area contributed by atoms with Crippen molar-refractivity contribution in [2.75, 3.05) is 0 Å². The summed E-state index contributed by atoms with van der Waals surface area (Å²) in [4.78, 5) is 16.6. The van der Waals surface area contributed by atoms with Gasteiger partial charge in [0, 0.05) is 12.1 Å². The van der Waals surface area contributed by atoms with Crippen molar-refractivity contribution in [1.82, 2.24) is 15.0 Å². The van der Waals surface area contributed by atoms with Gasteiger partial charge in [-0.25, -0.2) is 14.8 Å². The highest BCUT2D eigenvalue weighted by molar-refractivity contribution is 5.97. The van der Waals surface area contributed by atoms with Crippen molar-refractivity contribution in [3.05, 3.63) is 65.2 Å². The monoisotopic (exact) mass is 324 g/mol. The molecule has 0 fully saturated rings. The van der Waals surface area contributed by atoms with Gasteiger partial charge in [-0.1, -0.05) is 12.1 Å².